The molecule has 0 fully saturated rings. The van der Waals surface area contributed by atoms with Crippen LogP contribution in [0.25, 0.3) is 15.7 Å². The summed E-state index contributed by atoms with van der Waals surface area (Å²) < 4.78 is 1.98. The minimum absolute atomic E-state index is 0.468. The minimum atomic E-state index is -0.652. The van der Waals surface area contributed by atoms with Crippen molar-refractivity contribution >= 4 is 27.1 Å². The predicted octanol–water partition coefficient (Wildman–Crippen LogP) is 3.22. The molecule has 0 amide bonds. The van der Waals surface area contributed by atoms with Crippen LogP contribution >= 0.6 is 11.3 Å². The van der Waals surface area contributed by atoms with Crippen molar-refractivity contribution in [1.29, 1.82) is 0 Å². The van der Waals surface area contributed by atoms with Gasteiger partial charge in [-0.25, -0.2) is 4.98 Å². The number of fused-ring (bicyclic) bond motifs is 2. The third-order valence-electron chi connectivity index (χ3n) is 3.57. The Labute approximate surface area is 125 Å². The van der Waals surface area contributed by atoms with E-state index in [9.17, 15) is 5.11 Å². The highest BCUT2D eigenvalue weighted by atomic mass is 32.1. The highest BCUT2D eigenvalue weighted by molar-refractivity contribution is 7.15. The molecule has 0 saturated heterocycles. The Morgan fingerprint density at radius 1 is 1.24 bits per heavy atom. The molecule has 1 atom stereocenters. The number of hydrogen-bond donors (Lipinski definition) is 1. The van der Waals surface area contributed by atoms with Crippen molar-refractivity contribution in [2.75, 3.05) is 0 Å². The fourth-order valence-electron chi connectivity index (χ4n) is 2.58. The lowest BCUT2D eigenvalue weighted by Gasteiger charge is -2.11. The number of aliphatic hydroxyl groups is 1. The van der Waals surface area contributed by atoms with E-state index < -0.39 is 6.10 Å². The van der Waals surface area contributed by atoms with Gasteiger partial charge in [-0.2, -0.15) is 0 Å². The summed E-state index contributed by atoms with van der Waals surface area (Å²) in [5.41, 5.74) is 1.59. The Morgan fingerprint density at radius 3 is 3.05 bits per heavy atom. The van der Waals surface area contributed by atoms with E-state index in [0.717, 1.165) is 21.4 Å². The normalized spacial score (nSPS) is 13.0. The van der Waals surface area contributed by atoms with Gasteiger partial charge in [-0.1, -0.05) is 24.3 Å². The Balaban J connectivity index is 1.69. The molecule has 4 rings (SSSR count). The number of aliphatic hydroxyl groups excluding tert-OH is 1. The van der Waals surface area contributed by atoms with Crippen LogP contribution in [-0.4, -0.2) is 19.5 Å². The van der Waals surface area contributed by atoms with Crippen molar-refractivity contribution < 1.29 is 5.11 Å². The van der Waals surface area contributed by atoms with Crippen LogP contribution in [-0.2, 0) is 6.42 Å². The number of pyridine rings is 1. The van der Waals surface area contributed by atoms with Gasteiger partial charge in [-0.15, -0.1) is 11.3 Å². The molecule has 3 heterocycles. The van der Waals surface area contributed by atoms with Crippen molar-refractivity contribution in [2.24, 2.45) is 0 Å². The van der Waals surface area contributed by atoms with Gasteiger partial charge < -0.3 is 5.11 Å². The zero-order valence-corrected chi connectivity index (χ0v) is 12.0. The number of hydrogen-bond acceptors (Lipinski definition) is 4. The predicted molar refractivity (Wildman–Crippen MR) is 83.5 cm³/mol. The first-order valence-electron chi connectivity index (χ1n) is 6.74. The average molecular weight is 295 g/mol. The molecule has 0 aliphatic rings. The average Bonchev–Trinajstić information content (AvgIpc) is 3.07. The molecule has 0 aliphatic carbocycles. The number of aromatic nitrogens is 3. The van der Waals surface area contributed by atoms with Gasteiger partial charge in [0.15, 0.2) is 4.96 Å². The molecular formula is C16H13N3OS. The molecule has 3 aromatic heterocycles. The maximum Gasteiger partial charge on any atom is 0.193 e. The number of benzene rings is 1. The lowest BCUT2D eigenvalue weighted by Crippen LogP contribution is -2.05. The molecule has 0 aliphatic heterocycles. The van der Waals surface area contributed by atoms with Crippen molar-refractivity contribution in [3.05, 3.63) is 65.7 Å². The monoisotopic (exact) mass is 295 g/mol. The fraction of sp³-hybridized carbons (Fsp3) is 0.125. The number of rotatable bonds is 3. The maximum absolute atomic E-state index is 10.5. The molecule has 0 bridgehead atoms. The summed E-state index contributed by atoms with van der Waals surface area (Å²) in [6.45, 7) is 0. The molecule has 0 spiro atoms. The van der Waals surface area contributed by atoms with E-state index in [-0.39, 0.29) is 0 Å². The van der Waals surface area contributed by atoms with Crippen molar-refractivity contribution in [3.8, 4) is 0 Å². The third kappa shape index (κ3) is 2.20. The molecular weight excluding hydrogens is 282 g/mol. The van der Waals surface area contributed by atoms with Gasteiger partial charge in [-0.05, 0) is 11.5 Å². The van der Waals surface area contributed by atoms with E-state index >= 15 is 0 Å². The Bertz CT molecular complexity index is 878. The quantitative estimate of drug-likeness (QED) is 0.631. The van der Waals surface area contributed by atoms with E-state index in [1.54, 1.807) is 17.5 Å². The van der Waals surface area contributed by atoms with Crippen LogP contribution in [0.3, 0.4) is 0 Å². The van der Waals surface area contributed by atoms with Gasteiger partial charge in [-0.3, -0.25) is 9.38 Å². The van der Waals surface area contributed by atoms with Gasteiger partial charge in [0.05, 0.1) is 11.4 Å². The highest BCUT2D eigenvalue weighted by Gasteiger charge is 2.15. The first-order chi connectivity index (χ1) is 10.3. The third-order valence-corrected chi connectivity index (χ3v) is 4.34. The smallest absolute Gasteiger partial charge is 0.193 e. The lowest BCUT2D eigenvalue weighted by molar-refractivity contribution is 0.174. The van der Waals surface area contributed by atoms with Gasteiger partial charge in [0.1, 0.15) is 6.10 Å². The molecule has 5 heteroatoms. The summed E-state index contributed by atoms with van der Waals surface area (Å²) in [6, 6.07) is 9.93. The number of thiazole rings is 1. The van der Waals surface area contributed by atoms with Gasteiger partial charge in [0.25, 0.3) is 0 Å². The van der Waals surface area contributed by atoms with E-state index in [4.69, 9.17) is 0 Å². The van der Waals surface area contributed by atoms with Crippen LogP contribution in [0.4, 0.5) is 0 Å². The standard InChI is InChI=1S/C16H13N3OS/c20-14(9-12-10-19-7-8-21-16(19)18-12)15-13-4-2-1-3-11(13)5-6-17-15/h1-8,10,14,20H,9H2. The molecule has 1 N–H and O–H groups in total. The van der Waals surface area contributed by atoms with Crippen LogP contribution in [0.5, 0.6) is 0 Å². The van der Waals surface area contributed by atoms with Crippen LogP contribution in [0.15, 0.2) is 54.3 Å². The molecule has 4 nitrogen and oxygen atoms in total. The van der Waals surface area contributed by atoms with Crippen LogP contribution in [0, 0.1) is 0 Å². The van der Waals surface area contributed by atoms with Crippen LogP contribution in [0.2, 0.25) is 0 Å². The molecule has 21 heavy (non-hydrogen) atoms. The summed E-state index contributed by atoms with van der Waals surface area (Å²) in [7, 11) is 0. The Kier molecular flexibility index (Phi) is 2.94. The Morgan fingerprint density at radius 2 is 2.14 bits per heavy atom. The molecule has 1 unspecified atom stereocenters. The minimum Gasteiger partial charge on any atom is -0.386 e. The Hall–Kier alpha value is -2.24. The molecule has 1 aromatic carbocycles. The molecule has 104 valence electrons. The first kappa shape index (κ1) is 12.5. The molecule has 4 aromatic rings. The van der Waals surface area contributed by atoms with E-state index in [1.165, 1.54) is 0 Å². The summed E-state index contributed by atoms with van der Waals surface area (Å²) in [5, 5.41) is 14.6. The van der Waals surface area contributed by atoms with Crippen molar-refractivity contribution in [1.82, 2.24) is 14.4 Å². The van der Waals surface area contributed by atoms with E-state index in [2.05, 4.69) is 9.97 Å². The van der Waals surface area contributed by atoms with Crippen LogP contribution < -0.4 is 0 Å². The topological polar surface area (TPSA) is 50.4 Å². The molecule has 0 saturated carbocycles. The number of imidazole rings is 1. The maximum atomic E-state index is 10.5. The summed E-state index contributed by atoms with van der Waals surface area (Å²) in [6.07, 6.45) is 5.49. The second-order valence-corrected chi connectivity index (χ2v) is 5.84. The van der Waals surface area contributed by atoms with Crippen molar-refractivity contribution in [3.63, 3.8) is 0 Å². The molecule has 0 radical (unpaired) electrons. The second-order valence-electron chi connectivity index (χ2n) is 4.96. The summed E-state index contributed by atoms with van der Waals surface area (Å²) in [5.74, 6) is 0. The summed E-state index contributed by atoms with van der Waals surface area (Å²) >= 11 is 1.59. The largest absolute Gasteiger partial charge is 0.386 e. The van der Waals surface area contributed by atoms with Crippen molar-refractivity contribution in [2.45, 2.75) is 12.5 Å². The van der Waals surface area contributed by atoms with Crippen LogP contribution in [0.1, 0.15) is 17.5 Å². The zero-order chi connectivity index (χ0) is 14.2. The fourth-order valence-corrected chi connectivity index (χ4v) is 3.30. The van der Waals surface area contributed by atoms with E-state index in [0.29, 0.717) is 12.1 Å². The zero-order valence-electron chi connectivity index (χ0n) is 11.2. The van der Waals surface area contributed by atoms with Gasteiger partial charge in [0, 0.05) is 35.8 Å². The van der Waals surface area contributed by atoms with Gasteiger partial charge in [0.2, 0.25) is 0 Å². The highest BCUT2D eigenvalue weighted by Crippen LogP contribution is 2.25. The van der Waals surface area contributed by atoms with E-state index in [1.807, 2.05) is 52.5 Å². The number of nitrogens with zero attached hydrogens (tertiary/aromatic N) is 3. The first-order valence-corrected chi connectivity index (χ1v) is 7.62. The second kappa shape index (κ2) is 4.95. The summed E-state index contributed by atoms with van der Waals surface area (Å²) in [4.78, 5) is 9.82. The van der Waals surface area contributed by atoms with Gasteiger partial charge >= 0.3 is 0 Å². The SMILES string of the molecule is OC(Cc1cn2ccsc2n1)c1nccc2ccccc12. The lowest BCUT2D eigenvalue weighted by atomic mass is 10.0.